The van der Waals surface area contributed by atoms with Crippen LogP contribution in [0.4, 0.5) is 0 Å². The molecule has 1 aliphatic rings. The Morgan fingerprint density at radius 2 is 1.52 bits per heavy atom. The van der Waals surface area contributed by atoms with Gasteiger partial charge in [0.25, 0.3) is 0 Å². The number of carbonyl (C=O) groups is 1. The lowest BCUT2D eigenvalue weighted by atomic mass is 9.78. The Kier molecular flexibility index (Phi) is 5.46. The Balaban J connectivity index is 3.36. The van der Waals surface area contributed by atoms with Crippen LogP contribution in [0.1, 0.15) is 81.1 Å². The summed E-state index contributed by atoms with van der Waals surface area (Å²) in [5.41, 5.74) is 3.55. The average molecular weight is 292 g/mol. The third-order valence-electron chi connectivity index (χ3n) is 4.74. The number of carbonyl (C=O) groups excluding carboxylic acids is 1. The second-order valence-electron chi connectivity index (χ2n) is 7.15. The molecule has 0 radical (unpaired) electrons. The Morgan fingerprint density at radius 3 is 1.86 bits per heavy atom. The van der Waals surface area contributed by atoms with Crippen molar-refractivity contribution in [3.8, 4) is 0 Å². The largest absolute Gasteiger partial charge is 0.429 e. The molecule has 0 N–H and O–H groups in total. The van der Waals surface area contributed by atoms with Gasteiger partial charge >= 0.3 is 5.97 Å². The van der Waals surface area contributed by atoms with Gasteiger partial charge in [-0.2, -0.15) is 0 Å². The first-order valence-electron chi connectivity index (χ1n) is 8.36. The predicted molar refractivity (Wildman–Crippen MR) is 88.9 cm³/mol. The Labute approximate surface area is 130 Å². The van der Waals surface area contributed by atoms with Crippen molar-refractivity contribution in [2.24, 2.45) is 10.8 Å². The maximum absolute atomic E-state index is 12.4. The van der Waals surface area contributed by atoms with Gasteiger partial charge in [-0.15, -0.1) is 0 Å². The van der Waals surface area contributed by atoms with E-state index in [9.17, 15) is 4.79 Å². The van der Waals surface area contributed by atoms with Crippen molar-refractivity contribution in [1.82, 2.24) is 0 Å². The summed E-state index contributed by atoms with van der Waals surface area (Å²) < 4.78 is 5.95. The fraction of sp³-hybridized carbons (Fsp3) is 0.737. The van der Waals surface area contributed by atoms with Crippen LogP contribution >= 0.6 is 0 Å². The molecule has 0 aromatic rings. The number of hydrogen-bond acceptors (Lipinski definition) is 2. The van der Waals surface area contributed by atoms with E-state index in [1.807, 2.05) is 20.8 Å². The van der Waals surface area contributed by atoms with Crippen molar-refractivity contribution >= 4 is 5.97 Å². The lowest BCUT2D eigenvalue weighted by molar-refractivity contribution is -0.150. The molecule has 2 heteroatoms. The molecule has 0 bridgehead atoms. The molecule has 1 unspecified atom stereocenters. The first-order valence-corrected chi connectivity index (χ1v) is 8.36. The molecule has 0 saturated heterocycles. The summed E-state index contributed by atoms with van der Waals surface area (Å²) in [4.78, 5) is 12.4. The van der Waals surface area contributed by atoms with Crippen LogP contribution < -0.4 is 0 Å². The van der Waals surface area contributed by atoms with E-state index in [0.29, 0.717) is 0 Å². The molecule has 0 aromatic carbocycles. The van der Waals surface area contributed by atoms with Gasteiger partial charge in [0.15, 0.2) is 0 Å². The van der Waals surface area contributed by atoms with E-state index in [-0.39, 0.29) is 11.4 Å². The van der Waals surface area contributed by atoms with E-state index in [4.69, 9.17) is 4.74 Å². The molecule has 1 rings (SSSR count). The SMILES string of the molecule is CCC1=C(CC)C(C)(CC)C(OC(=O)C(C)(C)C)=C1CC. The van der Waals surface area contributed by atoms with Gasteiger partial charge in [-0.05, 0) is 64.5 Å². The van der Waals surface area contributed by atoms with E-state index in [0.717, 1.165) is 31.4 Å². The summed E-state index contributed by atoms with van der Waals surface area (Å²) in [6, 6.07) is 0. The molecule has 0 spiro atoms. The summed E-state index contributed by atoms with van der Waals surface area (Å²) >= 11 is 0. The number of allylic oxidation sites excluding steroid dienone is 3. The Bertz CT molecular complexity index is 474. The maximum Gasteiger partial charge on any atom is 0.316 e. The van der Waals surface area contributed by atoms with Crippen molar-refractivity contribution in [2.45, 2.75) is 81.1 Å². The van der Waals surface area contributed by atoms with Crippen molar-refractivity contribution < 1.29 is 9.53 Å². The molecular weight excluding hydrogens is 260 g/mol. The standard InChI is InChI=1S/C19H32O2/c1-9-13-14(10-2)16(21-17(20)18(5,6)7)19(8,12-4)15(13)11-3/h9-12H2,1-8H3. The first kappa shape index (κ1) is 18.0. The minimum absolute atomic E-state index is 0.119. The zero-order valence-electron chi connectivity index (χ0n) is 15.1. The van der Waals surface area contributed by atoms with Crippen molar-refractivity contribution in [3.63, 3.8) is 0 Å². The van der Waals surface area contributed by atoms with Crippen molar-refractivity contribution in [1.29, 1.82) is 0 Å². The molecule has 1 aliphatic carbocycles. The first-order chi connectivity index (χ1) is 9.67. The molecule has 21 heavy (non-hydrogen) atoms. The third-order valence-corrected chi connectivity index (χ3v) is 4.74. The van der Waals surface area contributed by atoms with Crippen LogP contribution in [0.3, 0.4) is 0 Å². The second-order valence-corrected chi connectivity index (χ2v) is 7.15. The van der Waals surface area contributed by atoms with Crippen LogP contribution in [0.5, 0.6) is 0 Å². The topological polar surface area (TPSA) is 26.3 Å². The van der Waals surface area contributed by atoms with Gasteiger partial charge < -0.3 is 4.74 Å². The van der Waals surface area contributed by atoms with Crippen LogP contribution in [0.25, 0.3) is 0 Å². The molecular formula is C19H32O2. The fourth-order valence-electron chi connectivity index (χ4n) is 3.32. The van der Waals surface area contributed by atoms with Crippen molar-refractivity contribution in [3.05, 3.63) is 22.5 Å². The van der Waals surface area contributed by atoms with Gasteiger partial charge in [-0.3, -0.25) is 4.79 Å². The molecule has 1 atom stereocenters. The Morgan fingerprint density at radius 1 is 1.00 bits per heavy atom. The average Bonchev–Trinajstić information content (AvgIpc) is 2.66. The highest BCUT2D eigenvalue weighted by atomic mass is 16.5. The second kappa shape index (κ2) is 6.37. The normalized spacial score (nSPS) is 23.0. The highest BCUT2D eigenvalue weighted by molar-refractivity contribution is 5.77. The summed E-state index contributed by atoms with van der Waals surface area (Å²) in [6.45, 7) is 16.7. The number of ether oxygens (including phenoxy) is 1. The Hall–Kier alpha value is -1.05. The lowest BCUT2D eigenvalue weighted by Gasteiger charge is -2.31. The van der Waals surface area contributed by atoms with Gasteiger partial charge in [0, 0.05) is 5.41 Å². The van der Waals surface area contributed by atoms with Gasteiger partial charge in [-0.25, -0.2) is 0 Å². The van der Waals surface area contributed by atoms with Crippen LogP contribution in [0.2, 0.25) is 0 Å². The van der Waals surface area contributed by atoms with Crippen LogP contribution in [0.15, 0.2) is 22.5 Å². The summed E-state index contributed by atoms with van der Waals surface area (Å²) in [6.07, 6.45) is 3.93. The molecule has 0 aliphatic heterocycles. The van der Waals surface area contributed by atoms with Crippen LogP contribution in [-0.2, 0) is 9.53 Å². The van der Waals surface area contributed by atoms with E-state index < -0.39 is 5.41 Å². The van der Waals surface area contributed by atoms with Gasteiger partial charge in [0.1, 0.15) is 5.76 Å². The van der Waals surface area contributed by atoms with E-state index >= 15 is 0 Å². The van der Waals surface area contributed by atoms with Crippen molar-refractivity contribution in [2.75, 3.05) is 0 Å². The quantitative estimate of drug-likeness (QED) is 0.600. The maximum atomic E-state index is 12.4. The van der Waals surface area contributed by atoms with E-state index in [1.165, 1.54) is 16.7 Å². The van der Waals surface area contributed by atoms with E-state index in [1.54, 1.807) is 0 Å². The fourth-order valence-corrected chi connectivity index (χ4v) is 3.32. The zero-order valence-corrected chi connectivity index (χ0v) is 15.1. The summed E-state index contributed by atoms with van der Waals surface area (Å²) in [7, 11) is 0. The molecule has 120 valence electrons. The molecule has 0 amide bonds. The minimum Gasteiger partial charge on any atom is -0.429 e. The van der Waals surface area contributed by atoms with Crippen LogP contribution in [0, 0.1) is 10.8 Å². The highest BCUT2D eigenvalue weighted by Gasteiger charge is 2.43. The highest BCUT2D eigenvalue weighted by Crippen LogP contribution is 2.52. The van der Waals surface area contributed by atoms with Gasteiger partial charge in [-0.1, -0.05) is 33.3 Å². The lowest BCUT2D eigenvalue weighted by Crippen LogP contribution is -2.28. The van der Waals surface area contributed by atoms with Gasteiger partial charge in [0.05, 0.1) is 5.41 Å². The number of esters is 1. The summed E-state index contributed by atoms with van der Waals surface area (Å²) in [5.74, 6) is 0.789. The molecule has 0 saturated carbocycles. The molecule has 2 nitrogen and oxygen atoms in total. The van der Waals surface area contributed by atoms with Gasteiger partial charge in [0.2, 0.25) is 0 Å². The smallest absolute Gasteiger partial charge is 0.316 e. The zero-order chi connectivity index (χ0) is 16.4. The number of hydrogen-bond donors (Lipinski definition) is 0. The molecule has 0 fully saturated rings. The minimum atomic E-state index is -0.470. The molecule has 0 aromatic heterocycles. The number of rotatable bonds is 5. The molecule has 0 heterocycles. The van der Waals surface area contributed by atoms with Crippen LogP contribution in [-0.4, -0.2) is 5.97 Å². The summed E-state index contributed by atoms with van der Waals surface area (Å²) in [5, 5.41) is 0. The predicted octanol–water partition coefficient (Wildman–Crippen LogP) is 5.79. The van der Waals surface area contributed by atoms with E-state index in [2.05, 4.69) is 34.6 Å². The monoisotopic (exact) mass is 292 g/mol. The third kappa shape index (κ3) is 3.09.